The number of ether oxygens (including phenoxy) is 1. The van der Waals surface area contributed by atoms with Crippen LogP contribution in [0.1, 0.15) is 37.8 Å². The molecule has 0 spiro atoms. The Kier molecular flexibility index (Phi) is 6.01. The van der Waals surface area contributed by atoms with E-state index in [1.54, 1.807) is 12.1 Å². The summed E-state index contributed by atoms with van der Waals surface area (Å²) in [5.74, 6) is -0.397. The number of allylic oxidation sites excluding steroid dienone is 2. The van der Waals surface area contributed by atoms with Crippen LogP contribution in [-0.4, -0.2) is 18.5 Å². The summed E-state index contributed by atoms with van der Waals surface area (Å²) < 4.78 is 5.02. The molecule has 0 unspecified atom stereocenters. The summed E-state index contributed by atoms with van der Waals surface area (Å²) in [6, 6.07) is 7.09. The van der Waals surface area contributed by atoms with Crippen LogP contribution in [0.4, 0.5) is 0 Å². The van der Waals surface area contributed by atoms with Crippen molar-refractivity contribution in [1.82, 2.24) is 5.32 Å². The van der Waals surface area contributed by atoms with E-state index in [2.05, 4.69) is 11.4 Å². The number of hydrogen-bond acceptors (Lipinski definition) is 3. The molecule has 1 aromatic rings. The van der Waals surface area contributed by atoms with E-state index in [0.29, 0.717) is 11.4 Å². The topological polar surface area (TPSA) is 55.4 Å². The van der Waals surface area contributed by atoms with Gasteiger partial charge in [-0.15, -0.1) is 0 Å². The third kappa shape index (κ3) is 5.19. The molecule has 1 aromatic carbocycles. The number of rotatable bonds is 6. The molecule has 1 aliphatic rings. The van der Waals surface area contributed by atoms with Crippen molar-refractivity contribution in [3.05, 3.63) is 47.0 Å². The Labute approximate surface area is 135 Å². The van der Waals surface area contributed by atoms with Gasteiger partial charge in [0.1, 0.15) is 0 Å². The highest BCUT2D eigenvalue weighted by molar-refractivity contribution is 6.30. The number of amides is 1. The summed E-state index contributed by atoms with van der Waals surface area (Å²) in [6.45, 7) is 1.61. The minimum atomic E-state index is -0.331. The molecule has 5 heteroatoms. The number of nitrogens with one attached hydrogen (secondary N) is 1. The fourth-order valence-corrected chi connectivity index (χ4v) is 2.63. The molecule has 0 saturated heterocycles. The lowest BCUT2D eigenvalue weighted by Crippen LogP contribution is -2.31. The van der Waals surface area contributed by atoms with E-state index in [-0.39, 0.29) is 30.4 Å². The SMILES string of the molecule is C[C@@H](NC(=O)COC(=O)C[C@@H]1C=CCC1)c1cccc(Cl)c1. The van der Waals surface area contributed by atoms with Crippen molar-refractivity contribution >= 4 is 23.5 Å². The second kappa shape index (κ2) is 7.99. The van der Waals surface area contributed by atoms with Crippen LogP contribution in [0.2, 0.25) is 5.02 Å². The van der Waals surface area contributed by atoms with Crippen LogP contribution in [-0.2, 0) is 14.3 Å². The van der Waals surface area contributed by atoms with Crippen LogP contribution in [0.25, 0.3) is 0 Å². The Balaban J connectivity index is 1.73. The zero-order chi connectivity index (χ0) is 15.9. The molecule has 1 aliphatic carbocycles. The quantitative estimate of drug-likeness (QED) is 0.645. The van der Waals surface area contributed by atoms with Crippen LogP contribution in [0.3, 0.4) is 0 Å². The standard InChI is InChI=1S/C17H20ClNO3/c1-12(14-7-4-8-15(18)10-14)19-16(20)11-22-17(21)9-13-5-2-3-6-13/h2,4-5,7-8,10,12-13H,3,6,9,11H2,1H3,(H,19,20)/t12-,13-/m1/s1. The molecule has 118 valence electrons. The molecule has 0 radical (unpaired) electrons. The second-order valence-corrected chi connectivity index (χ2v) is 5.91. The molecule has 2 atom stereocenters. The zero-order valence-corrected chi connectivity index (χ0v) is 13.3. The average molecular weight is 322 g/mol. The van der Waals surface area contributed by atoms with Crippen LogP contribution in [0.15, 0.2) is 36.4 Å². The molecule has 0 bridgehead atoms. The highest BCUT2D eigenvalue weighted by Crippen LogP contribution is 2.20. The van der Waals surface area contributed by atoms with Gasteiger partial charge < -0.3 is 10.1 Å². The molecule has 0 aromatic heterocycles. The van der Waals surface area contributed by atoms with E-state index in [1.165, 1.54) is 0 Å². The van der Waals surface area contributed by atoms with E-state index in [4.69, 9.17) is 16.3 Å². The highest BCUT2D eigenvalue weighted by atomic mass is 35.5. The summed E-state index contributed by atoms with van der Waals surface area (Å²) in [5, 5.41) is 3.40. The molecule has 0 fully saturated rings. The van der Waals surface area contributed by atoms with Gasteiger partial charge in [0.2, 0.25) is 0 Å². The maximum absolute atomic E-state index is 11.8. The molecule has 1 amide bonds. The van der Waals surface area contributed by atoms with E-state index in [9.17, 15) is 9.59 Å². The van der Waals surface area contributed by atoms with E-state index in [0.717, 1.165) is 18.4 Å². The van der Waals surface area contributed by atoms with Crippen LogP contribution < -0.4 is 5.32 Å². The third-order valence-electron chi connectivity index (χ3n) is 3.63. The highest BCUT2D eigenvalue weighted by Gasteiger charge is 2.16. The Bertz CT molecular complexity index is 571. The lowest BCUT2D eigenvalue weighted by Gasteiger charge is -2.15. The molecule has 0 aliphatic heterocycles. The Morgan fingerprint density at radius 2 is 2.27 bits per heavy atom. The van der Waals surface area contributed by atoms with Gasteiger partial charge in [0.05, 0.1) is 12.5 Å². The van der Waals surface area contributed by atoms with Gasteiger partial charge >= 0.3 is 5.97 Å². The molecule has 0 saturated carbocycles. The van der Waals surface area contributed by atoms with E-state index < -0.39 is 0 Å². The van der Waals surface area contributed by atoms with Gasteiger partial charge in [0.25, 0.3) is 5.91 Å². The zero-order valence-electron chi connectivity index (χ0n) is 12.5. The summed E-state index contributed by atoms with van der Waals surface area (Å²) in [5.41, 5.74) is 0.906. The van der Waals surface area contributed by atoms with Crippen LogP contribution in [0.5, 0.6) is 0 Å². The molecular formula is C17H20ClNO3. The Morgan fingerprint density at radius 3 is 2.95 bits per heavy atom. The van der Waals surface area contributed by atoms with Crippen molar-refractivity contribution in [2.75, 3.05) is 6.61 Å². The van der Waals surface area contributed by atoms with Crippen LogP contribution >= 0.6 is 11.6 Å². The number of hydrogen-bond donors (Lipinski definition) is 1. The van der Waals surface area contributed by atoms with Gasteiger partial charge in [-0.3, -0.25) is 9.59 Å². The summed E-state index contributed by atoms with van der Waals surface area (Å²) in [4.78, 5) is 23.5. The van der Waals surface area contributed by atoms with Crippen molar-refractivity contribution in [1.29, 1.82) is 0 Å². The fraction of sp³-hybridized carbons (Fsp3) is 0.412. The minimum absolute atomic E-state index is 0.192. The number of benzene rings is 1. The minimum Gasteiger partial charge on any atom is -0.456 e. The predicted molar refractivity (Wildman–Crippen MR) is 85.4 cm³/mol. The van der Waals surface area contributed by atoms with E-state index >= 15 is 0 Å². The lowest BCUT2D eigenvalue weighted by atomic mass is 10.1. The third-order valence-corrected chi connectivity index (χ3v) is 3.87. The first-order valence-electron chi connectivity index (χ1n) is 7.41. The molecule has 2 rings (SSSR count). The molecule has 1 N–H and O–H groups in total. The predicted octanol–water partition coefficient (Wildman–Crippen LogP) is 3.42. The van der Waals surface area contributed by atoms with Gasteiger partial charge in [-0.25, -0.2) is 0 Å². The van der Waals surface area contributed by atoms with Crippen molar-refractivity contribution in [3.8, 4) is 0 Å². The number of carbonyl (C=O) groups excluding carboxylic acids is 2. The van der Waals surface area contributed by atoms with Crippen molar-refractivity contribution in [2.24, 2.45) is 5.92 Å². The normalized spacial score (nSPS) is 18.0. The van der Waals surface area contributed by atoms with Gasteiger partial charge in [-0.05, 0) is 43.4 Å². The maximum Gasteiger partial charge on any atom is 0.306 e. The number of carbonyl (C=O) groups is 2. The van der Waals surface area contributed by atoms with Gasteiger partial charge in [-0.2, -0.15) is 0 Å². The van der Waals surface area contributed by atoms with Gasteiger partial charge in [0.15, 0.2) is 6.61 Å². The first-order valence-corrected chi connectivity index (χ1v) is 7.79. The first-order chi connectivity index (χ1) is 10.5. The van der Waals surface area contributed by atoms with Crippen molar-refractivity contribution < 1.29 is 14.3 Å². The fourth-order valence-electron chi connectivity index (χ4n) is 2.43. The maximum atomic E-state index is 11.8. The first kappa shape index (κ1) is 16.6. The van der Waals surface area contributed by atoms with Gasteiger partial charge in [-0.1, -0.05) is 35.9 Å². The molecular weight excluding hydrogens is 302 g/mol. The monoisotopic (exact) mass is 321 g/mol. The van der Waals surface area contributed by atoms with Crippen molar-refractivity contribution in [2.45, 2.75) is 32.2 Å². The van der Waals surface area contributed by atoms with Gasteiger partial charge in [0, 0.05) is 5.02 Å². The lowest BCUT2D eigenvalue weighted by molar-refractivity contribution is -0.149. The largest absolute Gasteiger partial charge is 0.456 e. The van der Waals surface area contributed by atoms with Crippen LogP contribution in [0, 0.1) is 5.92 Å². The summed E-state index contributed by atoms with van der Waals surface area (Å²) in [6.07, 6.45) is 6.43. The average Bonchev–Trinajstić information content (AvgIpc) is 2.98. The molecule has 22 heavy (non-hydrogen) atoms. The summed E-state index contributed by atoms with van der Waals surface area (Å²) in [7, 11) is 0. The smallest absolute Gasteiger partial charge is 0.306 e. The second-order valence-electron chi connectivity index (χ2n) is 5.47. The van der Waals surface area contributed by atoms with Crippen molar-refractivity contribution in [3.63, 3.8) is 0 Å². The number of esters is 1. The van der Waals surface area contributed by atoms with E-state index in [1.807, 2.05) is 25.1 Å². The Hall–Kier alpha value is -1.81. The molecule has 4 nitrogen and oxygen atoms in total. The molecule has 0 heterocycles. The Morgan fingerprint density at radius 1 is 1.45 bits per heavy atom. The number of halogens is 1. The summed E-state index contributed by atoms with van der Waals surface area (Å²) >= 11 is 5.92.